The summed E-state index contributed by atoms with van der Waals surface area (Å²) in [6.07, 6.45) is 2.38. The quantitative estimate of drug-likeness (QED) is 0.692. The number of benzene rings is 1. The first-order chi connectivity index (χ1) is 11.5. The number of carboxylic acid groups (broad SMARTS) is 1. The maximum atomic E-state index is 13.0. The second-order valence-corrected chi connectivity index (χ2v) is 5.71. The minimum atomic E-state index is -0.991. The Morgan fingerprint density at radius 3 is 2.50 bits per heavy atom. The van der Waals surface area contributed by atoms with Crippen molar-refractivity contribution in [2.45, 2.75) is 31.7 Å². The van der Waals surface area contributed by atoms with Gasteiger partial charge in [0.25, 0.3) is 0 Å². The lowest BCUT2D eigenvalue weighted by atomic mass is 9.86. The molecule has 1 aliphatic carbocycles. The van der Waals surface area contributed by atoms with E-state index in [1.807, 2.05) is 0 Å². The summed E-state index contributed by atoms with van der Waals surface area (Å²) >= 11 is 0. The number of aliphatic carboxylic acids is 1. The van der Waals surface area contributed by atoms with Crippen molar-refractivity contribution in [1.82, 2.24) is 10.6 Å². The molecule has 0 saturated heterocycles. The number of hydrogen-bond acceptors (Lipinski definition) is 3. The third kappa shape index (κ3) is 5.36. The van der Waals surface area contributed by atoms with Crippen LogP contribution in [0.4, 0.5) is 13.6 Å². The predicted molar refractivity (Wildman–Crippen MR) is 81.8 cm³/mol. The molecule has 0 atom stereocenters. The summed E-state index contributed by atoms with van der Waals surface area (Å²) in [7, 11) is 0. The molecule has 1 aliphatic rings. The van der Waals surface area contributed by atoms with Gasteiger partial charge in [0.15, 0.2) is 11.6 Å². The van der Waals surface area contributed by atoms with Crippen LogP contribution >= 0.6 is 0 Å². The van der Waals surface area contributed by atoms with Crippen molar-refractivity contribution in [2.24, 2.45) is 5.92 Å². The minimum absolute atomic E-state index is 0.0345. The van der Waals surface area contributed by atoms with Crippen molar-refractivity contribution >= 4 is 12.0 Å². The molecule has 0 radical (unpaired) electrons. The molecule has 6 nitrogen and oxygen atoms in total. The molecule has 1 fully saturated rings. The monoisotopic (exact) mass is 342 g/mol. The Morgan fingerprint density at radius 2 is 1.88 bits per heavy atom. The van der Waals surface area contributed by atoms with E-state index in [0.717, 1.165) is 12.1 Å². The van der Waals surface area contributed by atoms with E-state index in [2.05, 4.69) is 10.6 Å². The van der Waals surface area contributed by atoms with Crippen LogP contribution in [-0.4, -0.2) is 36.3 Å². The number of ether oxygens (including phenoxy) is 1. The molecular formula is C16H20F2N2O4. The molecule has 0 heterocycles. The van der Waals surface area contributed by atoms with Gasteiger partial charge in [-0.1, -0.05) is 0 Å². The zero-order chi connectivity index (χ0) is 17.5. The molecule has 1 aromatic rings. The second kappa shape index (κ2) is 8.47. The Kier molecular flexibility index (Phi) is 6.34. The standard InChI is InChI=1S/C16H20F2N2O4/c17-13-6-5-12(9-14(13)18)24-8-7-19-16(23)20-11-3-1-10(2-4-11)15(21)22/h5-6,9-11H,1-4,7-8H2,(H,21,22)(H2,19,20,23). The molecule has 0 unspecified atom stereocenters. The highest BCUT2D eigenvalue weighted by Crippen LogP contribution is 2.24. The molecule has 2 rings (SSSR count). The molecule has 0 aromatic heterocycles. The third-order valence-corrected chi connectivity index (χ3v) is 3.96. The topological polar surface area (TPSA) is 87.7 Å². The summed E-state index contributed by atoms with van der Waals surface area (Å²) in [5, 5.41) is 14.3. The normalized spacial score (nSPS) is 20.2. The molecule has 1 saturated carbocycles. The lowest BCUT2D eigenvalue weighted by molar-refractivity contribution is -0.142. The van der Waals surface area contributed by atoms with Crippen LogP contribution in [0.15, 0.2) is 18.2 Å². The minimum Gasteiger partial charge on any atom is -0.492 e. The van der Waals surface area contributed by atoms with Crippen LogP contribution in [0.3, 0.4) is 0 Å². The average Bonchev–Trinajstić information content (AvgIpc) is 2.55. The molecular weight excluding hydrogens is 322 g/mol. The summed E-state index contributed by atoms with van der Waals surface area (Å²) in [6, 6.07) is 2.82. The lowest BCUT2D eigenvalue weighted by Crippen LogP contribution is -2.45. The van der Waals surface area contributed by atoms with Crippen LogP contribution in [0.1, 0.15) is 25.7 Å². The van der Waals surface area contributed by atoms with Gasteiger partial charge < -0.3 is 20.5 Å². The van der Waals surface area contributed by atoms with Crippen LogP contribution in [0.2, 0.25) is 0 Å². The number of nitrogens with one attached hydrogen (secondary N) is 2. The predicted octanol–water partition coefficient (Wildman–Crippen LogP) is 2.29. The zero-order valence-electron chi connectivity index (χ0n) is 13.1. The number of rotatable bonds is 6. The van der Waals surface area contributed by atoms with Crippen LogP contribution < -0.4 is 15.4 Å². The largest absolute Gasteiger partial charge is 0.492 e. The Hall–Kier alpha value is -2.38. The van der Waals surface area contributed by atoms with Crippen molar-refractivity contribution in [3.8, 4) is 5.75 Å². The molecule has 132 valence electrons. The second-order valence-electron chi connectivity index (χ2n) is 5.71. The highest BCUT2D eigenvalue weighted by atomic mass is 19.2. The summed E-state index contributed by atoms with van der Waals surface area (Å²) in [5.41, 5.74) is 0. The van der Waals surface area contributed by atoms with E-state index in [1.54, 1.807) is 0 Å². The van der Waals surface area contributed by atoms with Gasteiger partial charge in [0.1, 0.15) is 12.4 Å². The summed E-state index contributed by atoms with van der Waals surface area (Å²) < 4.78 is 30.9. The van der Waals surface area contributed by atoms with Gasteiger partial charge in [-0.2, -0.15) is 0 Å². The fourth-order valence-corrected chi connectivity index (χ4v) is 2.62. The van der Waals surface area contributed by atoms with E-state index in [-0.39, 0.29) is 36.9 Å². The zero-order valence-corrected chi connectivity index (χ0v) is 13.1. The Labute approximate surface area is 138 Å². The van der Waals surface area contributed by atoms with E-state index >= 15 is 0 Å². The maximum absolute atomic E-state index is 13.0. The summed E-state index contributed by atoms with van der Waals surface area (Å²) in [4.78, 5) is 22.6. The van der Waals surface area contributed by atoms with Gasteiger partial charge in [-0.05, 0) is 37.8 Å². The summed E-state index contributed by atoms with van der Waals surface area (Å²) in [6.45, 7) is 0.319. The fourth-order valence-electron chi connectivity index (χ4n) is 2.62. The number of amides is 2. The van der Waals surface area contributed by atoms with Crippen LogP contribution in [0.25, 0.3) is 0 Å². The van der Waals surface area contributed by atoms with Crippen molar-refractivity contribution < 1.29 is 28.2 Å². The van der Waals surface area contributed by atoms with Crippen LogP contribution in [0, 0.1) is 17.6 Å². The molecule has 1 aromatic carbocycles. The number of carboxylic acids is 1. The first-order valence-electron chi connectivity index (χ1n) is 7.80. The molecule has 3 N–H and O–H groups in total. The van der Waals surface area contributed by atoms with Gasteiger partial charge in [0.05, 0.1) is 12.5 Å². The van der Waals surface area contributed by atoms with Gasteiger partial charge in [-0.15, -0.1) is 0 Å². The van der Waals surface area contributed by atoms with E-state index in [1.165, 1.54) is 6.07 Å². The molecule has 0 aliphatic heterocycles. The SMILES string of the molecule is O=C(NCCOc1ccc(F)c(F)c1)NC1CCC(C(=O)O)CC1. The number of halogens is 2. The number of urea groups is 1. The molecule has 24 heavy (non-hydrogen) atoms. The fraction of sp³-hybridized carbons (Fsp3) is 0.500. The number of carbonyl (C=O) groups excluding carboxylic acids is 1. The van der Waals surface area contributed by atoms with Crippen molar-refractivity contribution in [3.05, 3.63) is 29.8 Å². The molecule has 0 bridgehead atoms. The lowest BCUT2D eigenvalue weighted by Gasteiger charge is -2.26. The molecule has 2 amide bonds. The van der Waals surface area contributed by atoms with E-state index < -0.39 is 17.6 Å². The van der Waals surface area contributed by atoms with Crippen molar-refractivity contribution in [1.29, 1.82) is 0 Å². The molecule has 8 heteroatoms. The highest BCUT2D eigenvalue weighted by molar-refractivity contribution is 5.74. The third-order valence-electron chi connectivity index (χ3n) is 3.96. The van der Waals surface area contributed by atoms with Gasteiger partial charge in [-0.25, -0.2) is 13.6 Å². The Balaban J connectivity index is 1.61. The molecule has 0 spiro atoms. The van der Waals surface area contributed by atoms with E-state index in [4.69, 9.17) is 9.84 Å². The van der Waals surface area contributed by atoms with Crippen LogP contribution in [0.5, 0.6) is 5.75 Å². The van der Waals surface area contributed by atoms with Gasteiger partial charge in [-0.3, -0.25) is 4.79 Å². The number of hydrogen-bond donors (Lipinski definition) is 3. The van der Waals surface area contributed by atoms with Crippen molar-refractivity contribution in [3.63, 3.8) is 0 Å². The Bertz CT molecular complexity index is 589. The smallest absolute Gasteiger partial charge is 0.315 e. The first kappa shape index (κ1) is 18.0. The van der Waals surface area contributed by atoms with Gasteiger partial charge in [0, 0.05) is 12.1 Å². The average molecular weight is 342 g/mol. The summed E-state index contributed by atoms with van der Waals surface area (Å²) in [5.74, 6) is -2.86. The van der Waals surface area contributed by atoms with E-state index in [9.17, 15) is 18.4 Å². The first-order valence-corrected chi connectivity index (χ1v) is 7.80. The maximum Gasteiger partial charge on any atom is 0.315 e. The highest BCUT2D eigenvalue weighted by Gasteiger charge is 2.26. The van der Waals surface area contributed by atoms with Crippen LogP contribution in [-0.2, 0) is 4.79 Å². The van der Waals surface area contributed by atoms with Gasteiger partial charge in [0.2, 0.25) is 0 Å². The van der Waals surface area contributed by atoms with E-state index in [0.29, 0.717) is 25.7 Å². The van der Waals surface area contributed by atoms with Crippen molar-refractivity contribution in [2.75, 3.05) is 13.2 Å². The Morgan fingerprint density at radius 1 is 1.17 bits per heavy atom. The van der Waals surface area contributed by atoms with Gasteiger partial charge >= 0.3 is 12.0 Å². The number of carbonyl (C=O) groups is 2.